The van der Waals surface area contributed by atoms with Gasteiger partial charge in [0, 0.05) is 6.20 Å². The van der Waals surface area contributed by atoms with E-state index in [0.29, 0.717) is 4.64 Å². The van der Waals surface area contributed by atoms with Crippen LogP contribution in [0.1, 0.15) is 7.43 Å². The van der Waals surface area contributed by atoms with E-state index in [9.17, 15) is 0 Å². The summed E-state index contributed by atoms with van der Waals surface area (Å²) in [5, 5.41) is 8.73. The Morgan fingerprint density at radius 3 is 2.44 bits per heavy atom. The van der Waals surface area contributed by atoms with E-state index in [1.165, 1.54) is 6.20 Å². The quantitative estimate of drug-likeness (QED) is 0.444. The summed E-state index contributed by atoms with van der Waals surface area (Å²) in [5.74, 6) is 0. The molecule has 0 radical (unpaired) electrons. The molecule has 0 aromatic carbocycles. The van der Waals surface area contributed by atoms with Crippen molar-refractivity contribution in [3.05, 3.63) is 29.0 Å². The van der Waals surface area contributed by atoms with Crippen LogP contribution in [0.25, 0.3) is 0 Å². The van der Waals surface area contributed by atoms with E-state index >= 15 is 0 Å². The molecule has 0 spiro atoms. The van der Waals surface area contributed by atoms with E-state index in [1.807, 2.05) is 0 Å². The highest BCUT2D eigenvalue weighted by molar-refractivity contribution is 7.71. The predicted molar refractivity (Wildman–Crippen MR) is 39.2 cm³/mol. The third-order valence-corrected chi connectivity index (χ3v) is 1.13. The minimum atomic E-state index is 0. The maximum atomic E-state index is 8.73. The molecule has 1 rings (SSSR count). The van der Waals surface area contributed by atoms with Gasteiger partial charge in [0.1, 0.15) is 4.64 Å². The van der Waals surface area contributed by atoms with Crippen molar-refractivity contribution >= 4 is 12.2 Å². The highest BCUT2D eigenvalue weighted by Crippen LogP contribution is 1.86. The van der Waals surface area contributed by atoms with Gasteiger partial charge in [-0.05, 0) is 12.1 Å². The topological polar surface area (TPSA) is 25.2 Å². The largest absolute Gasteiger partial charge is 0.428 e. The highest BCUT2D eigenvalue weighted by Gasteiger charge is 1.77. The Bertz CT molecular complexity index is 230. The lowest BCUT2D eigenvalue weighted by Crippen LogP contribution is -1.89. The Balaban J connectivity index is 0.000000640. The Labute approximate surface area is 59.3 Å². The number of aromatic nitrogens is 1. The van der Waals surface area contributed by atoms with Gasteiger partial charge >= 0.3 is 0 Å². The van der Waals surface area contributed by atoms with Gasteiger partial charge in [-0.1, -0.05) is 25.7 Å². The molecule has 0 unspecified atom stereocenters. The van der Waals surface area contributed by atoms with Gasteiger partial charge < -0.3 is 5.21 Å². The Kier molecular flexibility index (Phi) is 2.95. The molecule has 0 aliphatic rings. The van der Waals surface area contributed by atoms with E-state index in [2.05, 4.69) is 12.2 Å². The lowest BCUT2D eigenvalue weighted by molar-refractivity contribution is 0.180. The van der Waals surface area contributed by atoms with E-state index in [1.54, 1.807) is 18.2 Å². The molecular weight excluding hydrogens is 134 g/mol. The molecule has 0 aliphatic heterocycles. The van der Waals surface area contributed by atoms with Gasteiger partial charge in [0.15, 0.2) is 0 Å². The van der Waals surface area contributed by atoms with Crippen molar-refractivity contribution in [1.29, 1.82) is 0 Å². The number of hydrogen-bond donors (Lipinski definition) is 1. The smallest absolute Gasteiger partial charge is 0.142 e. The van der Waals surface area contributed by atoms with Crippen molar-refractivity contribution in [2.24, 2.45) is 0 Å². The fourth-order valence-electron chi connectivity index (χ4n) is 0.419. The summed E-state index contributed by atoms with van der Waals surface area (Å²) < 4.78 is 1.32. The van der Waals surface area contributed by atoms with Gasteiger partial charge in [-0.3, -0.25) is 0 Å². The van der Waals surface area contributed by atoms with Gasteiger partial charge in [-0.25, -0.2) is 0 Å². The second kappa shape index (κ2) is 3.25. The summed E-state index contributed by atoms with van der Waals surface area (Å²) in [6, 6.07) is 5.13. The highest BCUT2D eigenvalue weighted by atomic mass is 32.1. The molecule has 1 aromatic rings. The van der Waals surface area contributed by atoms with E-state index in [4.69, 9.17) is 5.21 Å². The SMILES string of the molecule is C.On1ccccc1=S. The minimum Gasteiger partial charge on any atom is -0.428 e. The molecule has 0 amide bonds. The molecule has 0 saturated carbocycles. The zero-order valence-electron chi connectivity index (χ0n) is 4.11. The van der Waals surface area contributed by atoms with E-state index in [0.717, 1.165) is 4.73 Å². The summed E-state index contributed by atoms with van der Waals surface area (Å²) in [4.78, 5) is 0. The number of pyridine rings is 1. The number of hydrogen-bond acceptors (Lipinski definition) is 2. The van der Waals surface area contributed by atoms with Crippen LogP contribution < -0.4 is 0 Å². The van der Waals surface area contributed by atoms with Crippen molar-refractivity contribution in [2.75, 3.05) is 0 Å². The van der Waals surface area contributed by atoms with Crippen LogP contribution in [0.5, 0.6) is 0 Å². The average molecular weight is 143 g/mol. The second-order valence-corrected chi connectivity index (χ2v) is 1.80. The van der Waals surface area contributed by atoms with E-state index in [-0.39, 0.29) is 7.43 Å². The summed E-state index contributed by atoms with van der Waals surface area (Å²) in [6.07, 6.45) is 1.49. The van der Waals surface area contributed by atoms with Gasteiger partial charge in [0.2, 0.25) is 0 Å². The summed E-state index contributed by atoms with van der Waals surface area (Å²) in [6.45, 7) is 0. The lowest BCUT2D eigenvalue weighted by Gasteiger charge is -1.90. The molecule has 0 saturated heterocycles. The second-order valence-electron chi connectivity index (χ2n) is 1.38. The molecule has 1 N–H and O–H groups in total. The first kappa shape index (κ1) is 8.17. The number of rotatable bonds is 0. The molecule has 50 valence electrons. The molecule has 1 heterocycles. The van der Waals surface area contributed by atoms with Crippen LogP contribution in [0, 0.1) is 4.64 Å². The van der Waals surface area contributed by atoms with Crippen LogP contribution >= 0.6 is 12.2 Å². The van der Waals surface area contributed by atoms with Crippen molar-refractivity contribution in [2.45, 2.75) is 7.43 Å². The van der Waals surface area contributed by atoms with Crippen LogP contribution in [0.3, 0.4) is 0 Å². The zero-order chi connectivity index (χ0) is 5.98. The third-order valence-electron chi connectivity index (χ3n) is 0.803. The van der Waals surface area contributed by atoms with E-state index < -0.39 is 0 Å². The standard InChI is InChI=1S/C5H5NOS.CH4/c7-6-4-2-1-3-5(6)8;/h1-4,7H;1H4. The number of nitrogens with zero attached hydrogens (tertiary/aromatic N) is 1. The molecule has 9 heavy (non-hydrogen) atoms. The fourth-order valence-corrected chi connectivity index (χ4v) is 0.558. The maximum Gasteiger partial charge on any atom is 0.142 e. The molecule has 1 aromatic heterocycles. The first-order valence-corrected chi connectivity index (χ1v) is 2.58. The zero-order valence-corrected chi connectivity index (χ0v) is 4.93. The maximum absolute atomic E-state index is 8.73. The molecule has 0 aliphatic carbocycles. The third kappa shape index (κ3) is 1.85. The van der Waals surface area contributed by atoms with Crippen LogP contribution in [-0.4, -0.2) is 9.94 Å². The molecular formula is C6H9NOS. The van der Waals surface area contributed by atoms with Gasteiger partial charge in [0.05, 0.1) is 0 Å². The van der Waals surface area contributed by atoms with Crippen molar-refractivity contribution < 1.29 is 5.21 Å². The van der Waals surface area contributed by atoms with Gasteiger partial charge in [-0.2, -0.15) is 4.73 Å². The normalized spacial score (nSPS) is 8.00. The Hall–Kier alpha value is -0.830. The van der Waals surface area contributed by atoms with Crippen molar-refractivity contribution in [3.8, 4) is 0 Å². The monoisotopic (exact) mass is 143 g/mol. The average Bonchev–Trinajstić information content (AvgIpc) is 1.77. The van der Waals surface area contributed by atoms with Crippen LogP contribution in [0.15, 0.2) is 24.4 Å². The molecule has 0 bridgehead atoms. The molecule has 0 fully saturated rings. The van der Waals surface area contributed by atoms with Gasteiger partial charge in [0.25, 0.3) is 0 Å². The summed E-state index contributed by atoms with van der Waals surface area (Å²) >= 11 is 4.67. The molecule has 2 nitrogen and oxygen atoms in total. The fraction of sp³-hybridized carbons (Fsp3) is 0.167. The van der Waals surface area contributed by atoms with Crippen molar-refractivity contribution in [1.82, 2.24) is 4.73 Å². The van der Waals surface area contributed by atoms with Crippen LogP contribution in [0.2, 0.25) is 0 Å². The van der Waals surface area contributed by atoms with Gasteiger partial charge in [-0.15, -0.1) is 0 Å². The molecule has 3 heteroatoms. The first-order chi connectivity index (χ1) is 3.80. The lowest BCUT2D eigenvalue weighted by atomic mass is 10.5. The Morgan fingerprint density at radius 2 is 2.11 bits per heavy atom. The predicted octanol–water partition coefficient (Wildman–Crippen LogP) is 2.09. The first-order valence-electron chi connectivity index (χ1n) is 2.17. The van der Waals surface area contributed by atoms with Crippen LogP contribution in [-0.2, 0) is 0 Å². The molecule has 0 atom stereocenters. The minimum absolute atomic E-state index is 0. The summed E-state index contributed by atoms with van der Waals surface area (Å²) in [7, 11) is 0. The Morgan fingerprint density at radius 1 is 1.44 bits per heavy atom. The summed E-state index contributed by atoms with van der Waals surface area (Å²) in [5.41, 5.74) is 0. The van der Waals surface area contributed by atoms with Crippen LogP contribution in [0.4, 0.5) is 0 Å². The van der Waals surface area contributed by atoms with Crippen molar-refractivity contribution in [3.63, 3.8) is 0 Å².